The van der Waals surface area contributed by atoms with Gasteiger partial charge in [-0.3, -0.25) is 0 Å². The molecule has 1 fully saturated rings. The minimum atomic E-state index is -0.106. The van der Waals surface area contributed by atoms with Crippen LogP contribution < -0.4 is 10.2 Å². The Morgan fingerprint density at radius 2 is 1.75 bits per heavy atom. The Morgan fingerprint density at radius 3 is 2.39 bits per heavy atom. The molecule has 2 aromatic heterocycles. The van der Waals surface area contributed by atoms with Gasteiger partial charge in [0.25, 0.3) is 0 Å². The fourth-order valence-corrected chi connectivity index (χ4v) is 3.07. The Hall–Kier alpha value is -2.21. The lowest BCUT2D eigenvalue weighted by molar-refractivity contribution is 0.122. The van der Waals surface area contributed by atoms with Crippen molar-refractivity contribution in [3.63, 3.8) is 0 Å². The van der Waals surface area contributed by atoms with Crippen molar-refractivity contribution in [2.75, 3.05) is 36.5 Å². The van der Waals surface area contributed by atoms with Crippen LogP contribution in [0.5, 0.6) is 0 Å². The van der Waals surface area contributed by atoms with E-state index in [0.717, 1.165) is 55.0 Å². The fourth-order valence-electron chi connectivity index (χ4n) is 3.07. The van der Waals surface area contributed by atoms with Crippen molar-refractivity contribution in [3.8, 4) is 0 Å². The Labute approximate surface area is 168 Å². The average molecular weight is 384 g/mol. The van der Waals surface area contributed by atoms with Crippen LogP contribution in [-0.4, -0.2) is 41.3 Å². The van der Waals surface area contributed by atoms with Gasteiger partial charge in [-0.05, 0) is 6.07 Å². The lowest BCUT2D eigenvalue weighted by atomic mass is 9.90. The van der Waals surface area contributed by atoms with Crippen LogP contribution in [0, 0.1) is 0 Å². The molecule has 0 spiro atoms. The third kappa shape index (κ3) is 4.98. The van der Waals surface area contributed by atoms with Gasteiger partial charge in [0.2, 0.25) is 0 Å². The molecule has 28 heavy (non-hydrogen) atoms. The maximum Gasteiger partial charge on any atom is 0.136 e. The molecule has 152 valence electrons. The summed E-state index contributed by atoms with van der Waals surface area (Å²) < 4.78 is 5.48. The molecule has 1 N–H and O–H groups in total. The Kier molecular flexibility index (Phi) is 5.89. The van der Waals surface area contributed by atoms with E-state index in [-0.39, 0.29) is 10.8 Å². The molecule has 0 saturated carbocycles. The number of nitrogens with zero attached hydrogens (tertiary/aromatic N) is 4. The smallest absolute Gasteiger partial charge is 0.136 e. The lowest BCUT2D eigenvalue weighted by Crippen LogP contribution is -2.37. The van der Waals surface area contributed by atoms with Crippen LogP contribution in [0.15, 0.2) is 24.4 Å². The molecule has 0 amide bonds. The van der Waals surface area contributed by atoms with Crippen LogP contribution in [0.2, 0.25) is 0 Å². The van der Waals surface area contributed by atoms with Gasteiger partial charge >= 0.3 is 0 Å². The Bertz CT molecular complexity index is 769. The zero-order valence-electron chi connectivity index (χ0n) is 18.0. The summed E-state index contributed by atoms with van der Waals surface area (Å²) in [7, 11) is 0. The molecule has 1 aliphatic heterocycles. The molecule has 2 aromatic rings. The van der Waals surface area contributed by atoms with E-state index < -0.39 is 0 Å². The van der Waals surface area contributed by atoms with Crippen molar-refractivity contribution >= 4 is 11.6 Å². The number of ether oxygens (including phenoxy) is 1. The van der Waals surface area contributed by atoms with Crippen molar-refractivity contribution in [2.24, 2.45) is 0 Å². The number of anilines is 2. The second-order valence-electron chi connectivity index (χ2n) is 9.40. The molecule has 1 aliphatic rings. The minimum absolute atomic E-state index is 0.0351. The summed E-state index contributed by atoms with van der Waals surface area (Å²) in [6.07, 6.45) is 1.86. The van der Waals surface area contributed by atoms with Gasteiger partial charge in [-0.25, -0.2) is 15.0 Å². The first-order valence-corrected chi connectivity index (χ1v) is 10.0. The maximum atomic E-state index is 5.48. The van der Waals surface area contributed by atoms with Gasteiger partial charge in [0.1, 0.15) is 17.5 Å². The molecule has 3 heterocycles. The number of nitrogens with one attached hydrogen (secondary N) is 1. The highest BCUT2D eigenvalue weighted by Gasteiger charge is 2.24. The van der Waals surface area contributed by atoms with Crippen LogP contribution >= 0.6 is 0 Å². The molecule has 6 heteroatoms. The molecule has 0 bridgehead atoms. The highest BCUT2D eigenvalue weighted by Crippen LogP contribution is 2.27. The third-order valence-corrected chi connectivity index (χ3v) is 4.80. The number of pyridine rings is 1. The van der Waals surface area contributed by atoms with Crippen molar-refractivity contribution in [1.29, 1.82) is 0 Å². The summed E-state index contributed by atoms with van der Waals surface area (Å²) in [4.78, 5) is 16.6. The predicted molar refractivity (Wildman–Crippen MR) is 114 cm³/mol. The molecular formula is C22H33N5O. The highest BCUT2D eigenvalue weighted by atomic mass is 16.5. The van der Waals surface area contributed by atoms with Crippen molar-refractivity contribution < 1.29 is 4.74 Å². The summed E-state index contributed by atoms with van der Waals surface area (Å²) in [6, 6.07) is 6.18. The quantitative estimate of drug-likeness (QED) is 0.863. The van der Waals surface area contributed by atoms with Gasteiger partial charge in [-0.2, -0.15) is 0 Å². The number of morpholine rings is 1. The van der Waals surface area contributed by atoms with Crippen molar-refractivity contribution in [2.45, 2.75) is 58.9 Å². The zero-order valence-corrected chi connectivity index (χ0v) is 18.0. The van der Waals surface area contributed by atoms with Crippen molar-refractivity contribution in [1.82, 2.24) is 15.0 Å². The summed E-state index contributed by atoms with van der Waals surface area (Å²) in [5.74, 6) is 2.75. The van der Waals surface area contributed by atoms with Gasteiger partial charge in [0, 0.05) is 48.3 Å². The van der Waals surface area contributed by atoms with E-state index in [1.54, 1.807) is 0 Å². The van der Waals surface area contributed by atoms with E-state index in [1.807, 2.05) is 12.3 Å². The van der Waals surface area contributed by atoms with Gasteiger partial charge in [-0.15, -0.1) is 0 Å². The van der Waals surface area contributed by atoms with Crippen LogP contribution in [0.4, 0.5) is 11.6 Å². The Balaban J connectivity index is 1.85. The molecule has 0 unspecified atom stereocenters. The number of hydrogen-bond acceptors (Lipinski definition) is 6. The molecule has 3 rings (SSSR count). The molecule has 1 saturated heterocycles. The van der Waals surface area contributed by atoms with E-state index in [2.05, 4.69) is 68.9 Å². The molecule has 0 aliphatic carbocycles. The van der Waals surface area contributed by atoms with Crippen LogP contribution in [0.1, 0.15) is 58.6 Å². The van der Waals surface area contributed by atoms with Gasteiger partial charge in [0.15, 0.2) is 0 Å². The number of hydrogen-bond donors (Lipinski definition) is 1. The van der Waals surface area contributed by atoms with Crippen molar-refractivity contribution in [3.05, 3.63) is 41.5 Å². The van der Waals surface area contributed by atoms with Crippen LogP contribution in [-0.2, 0) is 22.1 Å². The van der Waals surface area contributed by atoms with E-state index in [0.29, 0.717) is 6.54 Å². The fraction of sp³-hybridized carbons (Fsp3) is 0.591. The van der Waals surface area contributed by atoms with E-state index in [9.17, 15) is 0 Å². The first kappa shape index (κ1) is 20.5. The first-order valence-electron chi connectivity index (χ1n) is 10.0. The third-order valence-electron chi connectivity index (χ3n) is 4.80. The average Bonchev–Trinajstić information content (AvgIpc) is 2.66. The molecular weight excluding hydrogens is 350 g/mol. The second kappa shape index (κ2) is 8.03. The summed E-state index contributed by atoms with van der Waals surface area (Å²) in [5, 5.41) is 3.52. The van der Waals surface area contributed by atoms with Gasteiger partial charge in [-0.1, -0.05) is 47.6 Å². The second-order valence-corrected chi connectivity index (χ2v) is 9.40. The minimum Gasteiger partial charge on any atom is -0.378 e. The molecule has 0 aromatic carbocycles. The standard InChI is InChI=1S/C22H33N5O/c1-21(2,3)17-14-18(26-20(25-17)22(4,5)6)24-15-16-8-7-9-23-19(16)27-10-12-28-13-11-27/h7-9,14H,10-13,15H2,1-6H3,(H,24,25,26). The largest absolute Gasteiger partial charge is 0.378 e. The van der Waals surface area contributed by atoms with Gasteiger partial charge in [0.05, 0.1) is 18.9 Å². The predicted octanol–water partition coefficient (Wildman–Crippen LogP) is 3.92. The number of aromatic nitrogens is 3. The maximum absolute atomic E-state index is 5.48. The molecule has 0 radical (unpaired) electrons. The highest BCUT2D eigenvalue weighted by molar-refractivity contribution is 5.49. The van der Waals surface area contributed by atoms with E-state index in [1.165, 1.54) is 0 Å². The summed E-state index contributed by atoms with van der Waals surface area (Å²) >= 11 is 0. The zero-order chi connectivity index (χ0) is 20.4. The molecule has 6 nitrogen and oxygen atoms in total. The first-order chi connectivity index (χ1) is 13.1. The van der Waals surface area contributed by atoms with Gasteiger partial charge < -0.3 is 15.0 Å². The monoisotopic (exact) mass is 383 g/mol. The van der Waals surface area contributed by atoms with Crippen LogP contribution in [0.3, 0.4) is 0 Å². The normalized spacial score (nSPS) is 15.6. The summed E-state index contributed by atoms with van der Waals surface area (Å²) in [5.41, 5.74) is 2.07. The number of rotatable bonds is 4. The molecule has 0 atom stereocenters. The lowest BCUT2D eigenvalue weighted by Gasteiger charge is -2.29. The summed E-state index contributed by atoms with van der Waals surface area (Å²) in [6.45, 7) is 16.9. The van der Waals surface area contributed by atoms with E-state index >= 15 is 0 Å². The van der Waals surface area contributed by atoms with Crippen LogP contribution in [0.25, 0.3) is 0 Å². The Morgan fingerprint density at radius 1 is 1.04 bits per heavy atom. The topological polar surface area (TPSA) is 63.2 Å². The van der Waals surface area contributed by atoms with E-state index in [4.69, 9.17) is 14.7 Å². The SMILES string of the molecule is CC(C)(C)c1cc(NCc2cccnc2N2CCOCC2)nc(C(C)(C)C)n1.